The minimum absolute atomic E-state index is 0.189. The van der Waals surface area contributed by atoms with Crippen LogP contribution in [0.4, 0.5) is 0 Å². The number of benzene rings is 1. The van der Waals surface area contributed by atoms with Gasteiger partial charge in [0.25, 0.3) is 0 Å². The molecule has 2 nitrogen and oxygen atoms in total. The van der Waals surface area contributed by atoms with Gasteiger partial charge in [-0.1, -0.05) is 50.1 Å². The Bertz CT molecular complexity index is 341. The summed E-state index contributed by atoms with van der Waals surface area (Å²) in [6.45, 7) is 5.62. The van der Waals surface area contributed by atoms with E-state index in [1.807, 2.05) is 0 Å². The smallest absolute Gasteiger partial charge is 0.0535 e. The first-order valence-corrected chi connectivity index (χ1v) is 7.31. The number of nitrogens with zero attached hydrogens (tertiary/aromatic N) is 1. The summed E-state index contributed by atoms with van der Waals surface area (Å²) < 4.78 is 0. The molecular weight excluding hydrogens is 220 g/mol. The van der Waals surface area contributed by atoms with Crippen molar-refractivity contribution in [2.75, 3.05) is 19.6 Å². The molecule has 1 aromatic rings. The highest BCUT2D eigenvalue weighted by molar-refractivity contribution is 5.24. The molecule has 0 bridgehead atoms. The molecule has 0 spiro atoms. The Hall–Kier alpha value is -0.860. The lowest BCUT2D eigenvalue weighted by Crippen LogP contribution is -2.47. The summed E-state index contributed by atoms with van der Waals surface area (Å²) >= 11 is 0. The molecule has 0 aromatic heterocycles. The maximum Gasteiger partial charge on any atom is 0.0535 e. The molecule has 2 rings (SSSR count). The normalized spacial score (nSPS) is 21.2. The van der Waals surface area contributed by atoms with Crippen molar-refractivity contribution < 1.29 is 0 Å². The average Bonchev–Trinajstić information content (AvgIpc) is 2.68. The molecule has 0 saturated carbocycles. The molecule has 2 heteroatoms. The van der Waals surface area contributed by atoms with Crippen LogP contribution in [0.25, 0.3) is 0 Å². The molecule has 1 saturated heterocycles. The lowest BCUT2D eigenvalue weighted by molar-refractivity contribution is 0.210. The average molecular weight is 246 g/mol. The van der Waals surface area contributed by atoms with Crippen LogP contribution in [0.5, 0.6) is 0 Å². The van der Waals surface area contributed by atoms with E-state index in [1.165, 1.54) is 44.3 Å². The maximum absolute atomic E-state index is 6.66. The Kier molecular flexibility index (Phi) is 4.79. The lowest BCUT2D eigenvalue weighted by Gasteiger charge is -2.34. The van der Waals surface area contributed by atoms with Gasteiger partial charge in [-0.05, 0) is 37.9 Å². The second kappa shape index (κ2) is 6.35. The van der Waals surface area contributed by atoms with E-state index in [0.29, 0.717) is 0 Å². The van der Waals surface area contributed by atoms with Crippen LogP contribution in [0, 0.1) is 0 Å². The van der Waals surface area contributed by atoms with Crippen molar-refractivity contribution in [2.45, 2.75) is 44.6 Å². The second-order valence-corrected chi connectivity index (χ2v) is 5.57. The Labute approximate surface area is 111 Å². The van der Waals surface area contributed by atoms with E-state index in [-0.39, 0.29) is 5.54 Å². The third-order valence-electron chi connectivity index (χ3n) is 4.18. The van der Waals surface area contributed by atoms with E-state index in [1.54, 1.807) is 0 Å². The molecule has 0 radical (unpaired) electrons. The van der Waals surface area contributed by atoms with E-state index < -0.39 is 0 Å². The van der Waals surface area contributed by atoms with Crippen LogP contribution in [0.15, 0.2) is 30.3 Å². The van der Waals surface area contributed by atoms with Crippen molar-refractivity contribution in [2.24, 2.45) is 5.73 Å². The molecule has 1 heterocycles. The van der Waals surface area contributed by atoms with Crippen molar-refractivity contribution in [1.29, 1.82) is 0 Å². The van der Waals surface area contributed by atoms with Crippen molar-refractivity contribution in [3.8, 4) is 0 Å². The van der Waals surface area contributed by atoms with Crippen LogP contribution in [-0.2, 0) is 5.54 Å². The summed E-state index contributed by atoms with van der Waals surface area (Å²) in [7, 11) is 0. The Balaban J connectivity index is 2.07. The van der Waals surface area contributed by atoms with Gasteiger partial charge in [0.05, 0.1) is 5.54 Å². The van der Waals surface area contributed by atoms with Gasteiger partial charge in [0, 0.05) is 6.54 Å². The summed E-state index contributed by atoms with van der Waals surface area (Å²) in [6, 6.07) is 10.6. The van der Waals surface area contributed by atoms with Crippen molar-refractivity contribution >= 4 is 0 Å². The van der Waals surface area contributed by atoms with E-state index in [4.69, 9.17) is 5.73 Å². The minimum Gasteiger partial charge on any atom is -0.320 e. The molecule has 18 heavy (non-hydrogen) atoms. The minimum atomic E-state index is -0.189. The fourth-order valence-corrected chi connectivity index (χ4v) is 2.87. The monoisotopic (exact) mass is 246 g/mol. The third kappa shape index (κ3) is 3.33. The fraction of sp³-hybridized carbons (Fsp3) is 0.625. The highest BCUT2D eigenvalue weighted by Crippen LogP contribution is 2.24. The van der Waals surface area contributed by atoms with Gasteiger partial charge in [-0.15, -0.1) is 0 Å². The first-order valence-electron chi connectivity index (χ1n) is 7.31. The van der Waals surface area contributed by atoms with Gasteiger partial charge in [0.2, 0.25) is 0 Å². The highest BCUT2D eigenvalue weighted by atomic mass is 15.1. The standard InChI is InChI=1S/C16H26N2/c1-2-16(17,15-10-6-5-7-11-15)14-18-12-8-3-4-9-13-18/h5-7,10-11H,2-4,8-9,12-14,17H2,1H3. The molecule has 1 unspecified atom stereocenters. The number of hydrogen-bond acceptors (Lipinski definition) is 2. The number of hydrogen-bond donors (Lipinski definition) is 1. The van der Waals surface area contributed by atoms with Gasteiger partial charge < -0.3 is 10.6 Å². The molecule has 100 valence electrons. The molecule has 1 aliphatic rings. The Morgan fingerprint density at radius 2 is 1.67 bits per heavy atom. The Morgan fingerprint density at radius 1 is 1.06 bits per heavy atom. The largest absolute Gasteiger partial charge is 0.320 e. The zero-order valence-corrected chi connectivity index (χ0v) is 11.6. The van der Waals surface area contributed by atoms with E-state index >= 15 is 0 Å². The van der Waals surface area contributed by atoms with E-state index in [2.05, 4.69) is 42.2 Å². The topological polar surface area (TPSA) is 29.3 Å². The fourth-order valence-electron chi connectivity index (χ4n) is 2.87. The van der Waals surface area contributed by atoms with Gasteiger partial charge in [0.15, 0.2) is 0 Å². The van der Waals surface area contributed by atoms with Crippen LogP contribution in [0.2, 0.25) is 0 Å². The summed E-state index contributed by atoms with van der Waals surface area (Å²) in [5.74, 6) is 0. The van der Waals surface area contributed by atoms with Crippen LogP contribution >= 0.6 is 0 Å². The zero-order chi connectivity index (χ0) is 12.8. The SMILES string of the molecule is CCC(N)(CN1CCCCCC1)c1ccccc1. The highest BCUT2D eigenvalue weighted by Gasteiger charge is 2.27. The molecule has 1 fully saturated rings. The number of rotatable bonds is 4. The third-order valence-corrected chi connectivity index (χ3v) is 4.18. The van der Waals surface area contributed by atoms with Crippen LogP contribution in [-0.4, -0.2) is 24.5 Å². The molecular formula is C16H26N2. The van der Waals surface area contributed by atoms with Gasteiger partial charge >= 0.3 is 0 Å². The summed E-state index contributed by atoms with van der Waals surface area (Å²) in [5, 5.41) is 0. The predicted octanol–water partition coefficient (Wildman–Crippen LogP) is 3.13. The van der Waals surface area contributed by atoms with Gasteiger partial charge in [-0.25, -0.2) is 0 Å². The van der Waals surface area contributed by atoms with E-state index in [9.17, 15) is 0 Å². The first kappa shape index (κ1) is 13.6. The first-order chi connectivity index (χ1) is 8.74. The summed E-state index contributed by atoms with van der Waals surface area (Å²) in [4.78, 5) is 2.56. The predicted molar refractivity (Wildman–Crippen MR) is 77.5 cm³/mol. The van der Waals surface area contributed by atoms with Crippen LogP contribution < -0.4 is 5.73 Å². The quantitative estimate of drug-likeness (QED) is 0.884. The van der Waals surface area contributed by atoms with Gasteiger partial charge in [-0.2, -0.15) is 0 Å². The van der Waals surface area contributed by atoms with Crippen LogP contribution in [0.1, 0.15) is 44.6 Å². The van der Waals surface area contributed by atoms with E-state index in [0.717, 1.165) is 13.0 Å². The maximum atomic E-state index is 6.66. The second-order valence-electron chi connectivity index (χ2n) is 5.57. The molecule has 1 atom stereocenters. The van der Waals surface area contributed by atoms with Gasteiger partial charge in [-0.3, -0.25) is 0 Å². The Morgan fingerprint density at radius 3 is 2.22 bits per heavy atom. The summed E-state index contributed by atoms with van der Waals surface area (Å²) in [6.07, 6.45) is 6.41. The van der Waals surface area contributed by atoms with Gasteiger partial charge in [0.1, 0.15) is 0 Å². The summed E-state index contributed by atoms with van der Waals surface area (Å²) in [5.41, 5.74) is 7.74. The molecule has 2 N–H and O–H groups in total. The van der Waals surface area contributed by atoms with Crippen molar-refractivity contribution in [3.05, 3.63) is 35.9 Å². The number of nitrogens with two attached hydrogens (primary N) is 1. The lowest BCUT2D eigenvalue weighted by atomic mass is 9.87. The number of likely N-dealkylation sites (tertiary alicyclic amines) is 1. The molecule has 1 aliphatic heterocycles. The van der Waals surface area contributed by atoms with Crippen molar-refractivity contribution in [1.82, 2.24) is 4.90 Å². The van der Waals surface area contributed by atoms with Crippen LogP contribution in [0.3, 0.4) is 0 Å². The van der Waals surface area contributed by atoms with Crippen molar-refractivity contribution in [3.63, 3.8) is 0 Å². The molecule has 0 amide bonds. The zero-order valence-electron chi connectivity index (χ0n) is 11.6. The molecule has 0 aliphatic carbocycles. The molecule has 1 aromatic carbocycles.